The molecular formula is C11H16N2O2. The molecular weight excluding hydrogens is 192 g/mol. The molecule has 15 heavy (non-hydrogen) atoms. The molecule has 1 aromatic carbocycles. The minimum atomic E-state index is -0.164. The average molecular weight is 208 g/mol. The molecule has 0 radical (unpaired) electrons. The highest BCUT2D eigenvalue weighted by atomic mass is 16.5. The van der Waals surface area contributed by atoms with Gasteiger partial charge in [-0.15, -0.1) is 0 Å². The van der Waals surface area contributed by atoms with Crippen LogP contribution in [0.3, 0.4) is 0 Å². The van der Waals surface area contributed by atoms with Gasteiger partial charge in [0.1, 0.15) is 5.75 Å². The van der Waals surface area contributed by atoms with Crippen molar-refractivity contribution in [1.82, 2.24) is 0 Å². The largest absolute Gasteiger partial charge is 0.495 e. The minimum absolute atomic E-state index is 0.0543. The third-order valence-electron chi connectivity index (χ3n) is 2.09. The molecule has 82 valence electrons. The van der Waals surface area contributed by atoms with Gasteiger partial charge in [-0.25, -0.2) is 0 Å². The number of ether oxygens (including phenoxy) is 1. The van der Waals surface area contributed by atoms with Crippen molar-refractivity contribution in [1.29, 1.82) is 0 Å². The molecule has 0 spiro atoms. The molecule has 0 aliphatic rings. The molecule has 4 N–H and O–H groups in total. The van der Waals surface area contributed by atoms with Crippen LogP contribution in [-0.2, 0) is 0 Å². The predicted octanol–water partition coefficient (Wildman–Crippen LogP) is 1.20. The molecule has 0 aromatic heterocycles. The summed E-state index contributed by atoms with van der Waals surface area (Å²) in [6.45, 7) is 1.79. The molecule has 0 saturated heterocycles. The monoisotopic (exact) mass is 208 g/mol. The van der Waals surface area contributed by atoms with Crippen molar-refractivity contribution in [2.24, 2.45) is 5.73 Å². The molecule has 0 heterocycles. The van der Waals surface area contributed by atoms with E-state index in [4.69, 9.17) is 16.2 Å². The van der Waals surface area contributed by atoms with Gasteiger partial charge < -0.3 is 16.2 Å². The first-order valence-corrected chi connectivity index (χ1v) is 4.77. The van der Waals surface area contributed by atoms with E-state index in [9.17, 15) is 4.79 Å². The average Bonchev–Trinajstić information content (AvgIpc) is 2.17. The number of hydrogen-bond acceptors (Lipinski definition) is 4. The lowest BCUT2D eigenvalue weighted by Gasteiger charge is -2.10. The summed E-state index contributed by atoms with van der Waals surface area (Å²) in [6, 6.07) is 4.98. The third-order valence-corrected chi connectivity index (χ3v) is 2.09. The highest BCUT2D eigenvalue weighted by Gasteiger charge is 2.13. The molecule has 1 unspecified atom stereocenters. The number of ketones is 1. The summed E-state index contributed by atoms with van der Waals surface area (Å²) in [7, 11) is 1.52. The number of anilines is 1. The lowest BCUT2D eigenvalue weighted by Crippen LogP contribution is -2.20. The van der Waals surface area contributed by atoms with E-state index in [0.29, 0.717) is 17.0 Å². The number of para-hydroxylation sites is 1. The van der Waals surface area contributed by atoms with Crippen molar-refractivity contribution in [3.05, 3.63) is 23.8 Å². The number of carbonyl (C=O) groups excluding carboxylic acids is 1. The van der Waals surface area contributed by atoms with E-state index in [1.54, 1.807) is 25.1 Å². The van der Waals surface area contributed by atoms with Crippen LogP contribution in [0.1, 0.15) is 23.7 Å². The second kappa shape index (κ2) is 4.79. The van der Waals surface area contributed by atoms with Gasteiger partial charge in [0.05, 0.1) is 12.8 Å². The van der Waals surface area contributed by atoms with E-state index >= 15 is 0 Å². The van der Waals surface area contributed by atoms with Crippen molar-refractivity contribution in [3.8, 4) is 5.75 Å². The predicted molar refractivity (Wildman–Crippen MR) is 60.0 cm³/mol. The summed E-state index contributed by atoms with van der Waals surface area (Å²) in [6.07, 6.45) is 0.289. The molecule has 1 rings (SSSR count). The van der Waals surface area contributed by atoms with Gasteiger partial charge in [0, 0.05) is 18.0 Å². The van der Waals surface area contributed by atoms with E-state index in [-0.39, 0.29) is 18.2 Å². The minimum Gasteiger partial charge on any atom is -0.495 e. The maximum Gasteiger partial charge on any atom is 0.166 e. The molecule has 0 aliphatic heterocycles. The first-order valence-electron chi connectivity index (χ1n) is 4.77. The molecule has 0 amide bonds. The normalized spacial score (nSPS) is 12.2. The van der Waals surface area contributed by atoms with Crippen LogP contribution in [0.4, 0.5) is 5.69 Å². The fraction of sp³-hybridized carbons (Fsp3) is 0.364. The summed E-state index contributed by atoms with van der Waals surface area (Å²) < 4.78 is 5.03. The van der Waals surface area contributed by atoms with E-state index in [1.165, 1.54) is 7.11 Å². The van der Waals surface area contributed by atoms with Gasteiger partial charge in [-0.2, -0.15) is 0 Å². The van der Waals surface area contributed by atoms with Crippen LogP contribution in [0, 0.1) is 0 Å². The van der Waals surface area contributed by atoms with E-state index in [1.807, 2.05) is 0 Å². The van der Waals surface area contributed by atoms with E-state index < -0.39 is 0 Å². The Morgan fingerprint density at radius 2 is 2.20 bits per heavy atom. The fourth-order valence-corrected chi connectivity index (χ4v) is 1.37. The Balaban J connectivity index is 2.99. The Labute approximate surface area is 89.2 Å². The molecule has 1 atom stereocenters. The Morgan fingerprint density at radius 3 is 2.73 bits per heavy atom. The number of Topliss-reactive ketones (excluding diaryl/α,β-unsaturated/α-hetero) is 1. The second-order valence-corrected chi connectivity index (χ2v) is 3.53. The van der Waals surface area contributed by atoms with Gasteiger partial charge in [-0.1, -0.05) is 6.07 Å². The number of carbonyl (C=O) groups is 1. The highest BCUT2D eigenvalue weighted by Crippen LogP contribution is 2.25. The number of hydrogen-bond donors (Lipinski definition) is 2. The standard InChI is InChI=1S/C11H16N2O2/c1-7(12)6-9(14)8-4-3-5-10(15-2)11(8)13/h3-5,7H,6,12-13H2,1-2H3. The highest BCUT2D eigenvalue weighted by molar-refractivity contribution is 6.02. The van der Waals surface area contributed by atoms with Crippen LogP contribution < -0.4 is 16.2 Å². The summed E-state index contributed by atoms with van der Waals surface area (Å²) in [4.78, 5) is 11.7. The fourth-order valence-electron chi connectivity index (χ4n) is 1.37. The van der Waals surface area contributed by atoms with Crippen molar-refractivity contribution in [3.63, 3.8) is 0 Å². The van der Waals surface area contributed by atoms with Gasteiger partial charge in [0.25, 0.3) is 0 Å². The molecule has 0 bridgehead atoms. The van der Waals surface area contributed by atoms with Gasteiger partial charge in [-0.3, -0.25) is 4.79 Å². The summed E-state index contributed by atoms with van der Waals surface area (Å²) >= 11 is 0. The Morgan fingerprint density at radius 1 is 1.53 bits per heavy atom. The van der Waals surface area contributed by atoms with Crippen LogP contribution in [0.2, 0.25) is 0 Å². The Bertz CT molecular complexity index is 362. The topological polar surface area (TPSA) is 78.3 Å². The van der Waals surface area contributed by atoms with E-state index in [0.717, 1.165) is 0 Å². The summed E-state index contributed by atoms with van der Waals surface area (Å²) in [5, 5.41) is 0. The number of nitrogens with two attached hydrogens (primary N) is 2. The molecule has 0 aliphatic carbocycles. The zero-order valence-electron chi connectivity index (χ0n) is 8.99. The van der Waals surface area contributed by atoms with Crippen molar-refractivity contribution < 1.29 is 9.53 Å². The van der Waals surface area contributed by atoms with Crippen molar-refractivity contribution >= 4 is 11.5 Å². The number of nitrogen functional groups attached to an aromatic ring is 1. The van der Waals surface area contributed by atoms with Gasteiger partial charge >= 0.3 is 0 Å². The number of rotatable bonds is 4. The van der Waals surface area contributed by atoms with Gasteiger partial charge in [0.2, 0.25) is 0 Å². The zero-order valence-corrected chi connectivity index (χ0v) is 8.99. The second-order valence-electron chi connectivity index (χ2n) is 3.53. The molecule has 1 aromatic rings. The zero-order chi connectivity index (χ0) is 11.4. The molecule has 4 nitrogen and oxygen atoms in total. The lowest BCUT2D eigenvalue weighted by atomic mass is 10.0. The number of methoxy groups -OCH3 is 1. The van der Waals surface area contributed by atoms with Crippen molar-refractivity contribution in [2.45, 2.75) is 19.4 Å². The SMILES string of the molecule is COc1cccc(C(=O)CC(C)N)c1N. The first-order chi connectivity index (χ1) is 7.06. The molecule has 0 fully saturated rings. The van der Waals surface area contributed by atoms with Crippen LogP contribution in [0.15, 0.2) is 18.2 Å². The van der Waals surface area contributed by atoms with Gasteiger partial charge in [0.15, 0.2) is 5.78 Å². The molecule has 0 saturated carbocycles. The summed E-state index contributed by atoms with van der Waals surface area (Å²) in [5.74, 6) is 0.465. The quantitative estimate of drug-likeness (QED) is 0.575. The van der Waals surface area contributed by atoms with Crippen LogP contribution in [-0.4, -0.2) is 18.9 Å². The maximum absolute atomic E-state index is 11.7. The molecule has 4 heteroatoms. The smallest absolute Gasteiger partial charge is 0.166 e. The number of benzene rings is 1. The van der Waals surface area contributed by atoms with Gasteiger partial charge in [-0.05, 0) is 19.1 Å². The van der Waals surface area contributed by atoms with Crippen LogP contribution in [0.5, 0.6) is 5.75 Å². The lowest BCUT2D eigenvalue weighted by molar-refractivity contribution is 0.0977. The third kappa shape index (κ3) is 2.70. The van der Waals surface area contributed by atoms with Crippen LogP contribution in [0.25, 0.3) is 0 Å². The van der Waals surface area contributed by atoms with Crippen molar-refractivity contribution in [2.75, 3.05) is 12.8 Å². The van der Waals surface area contributed by atoms with Crippen LogP contribution >= 0.6 is 0 Å². The maximum atomic E-state index is 11.7. The Kier molecular flexibility index (Phi) is 3.68. The first kappa shape index (κ1) is 11.5. The van der Waals surface area contributed by atoms with E-state index in [2.05, 4.69) is 0 Å². The Hall–Kier alpha value is -1.55. The summed E-state index contributed by atoms with van der Waals surface area (Å²) in [5.41, 5.74) is 12.2.